The van der Waals surface area contributed by atoms with Crippen molar-refractivity contribution < 1.29 is 13.6 Å². The average Bonchev–Trinajstić information content (AvgIpc) is 3.01. The monoisotopic (exact) mass is 367 g/mol. The van der Waals surface area contributed by atoms with E-state index in [1.165, 1.54) is 0 Å². The Hall–Kier alpha value is -2.39. The molecule has 0 spiro atoms. The minimum absolute atomic E-state index is 0.751. The van der Waals surface area contributed by atoms with E-state index in [0.29, 0.717) is 0 Å². The normalized spacial score (nSPS) is 18.4. The van der Waals surface area contributed by atoms with Crippen molar-refractivity contribution in [3.8, 4) is 5.75 Å². The van der Waals surface area contributed by atoms with Gasteiger partial charge in [-0.05, 0) is 0 Å². The molecule has 0 aliphatic carbocycles. The van der Waals surface area contributed by atoms with Gasteiger partial charge in [0.15, 0.2) is 0 Å². The molecule has 26 heavy (non-hydrogen) atoms. The number of aryl methyl sites for hydroxylation is 1. The standard InChI is InChI=1S/C21H22NO3P/c1-17-11-7-8-14-19(17)22-20-15-9-10-16-21(20)25-26(22,23-2,24-3)18-12-5-4-6-13-18/h4-16H,1-3H3. The molecule has 0 unspecified atom stereocenters. The van der Waals surface area contributed by atoms with E-state index in [0.717, 1.165) is 28.0 Å². The first kappa shape index (κ1) is 17.0. The summed E-state index contributed by atoms with van der Waals surface area (Å²) in [7, 11) is -0.569. The average molecular weight is 367 g/mol. The molecule has 0 atom stereocenters. The molecule has 0 radical (unpaired) electrons. The second-order valence-electron chi connectivity index (χ2n) is 6.20. The number of fused-ring (bicyclic) bond motifs is 1. The van der Waals surface area contributed by atoms with Crippen LogP contribution in [0.25, 0.3) is 0 Å². The first-order valence-corrected chi connectivity index (χ1v) is 10.4. The zero-order valence-electron chi connectivity index (χ0n) is 15.1. The van der Waals surface area contributed by atoms with Crippen LogP contribution < -0.4 is 14.5 Å². The molecule has 4 rings (SSSR count). The van der Waals surface area contributed by atoms with Crippen molar-refractivity contribution >= 4 is 24.1 Å². The molecule has 0 saturated heterocycles. The summed E-state index contributed by atoms with van der Waals surface area (Å²) in [4.78, 5) is 0. The number of rotatable bonds is 4. The van der Waals surface area contributed by atoms with E-state index in [2.05, 4.69) is 23.7 Å². The van der Waals surface area contributed by atoms with Gasteiger partial charge in [-0.1, -0.05) is 0 Å². The van der Waals surface area contributed by atoms with E-state index >= 15 is 0 Å². The Bertz CT molecular complexity index is 941. The van der Waals surface area contributed by atoms with Crippen LogP contribution in [0.1, 0.15) is 5.56 Å². The van der Waals surface area contributed by atoms with Gasteiger partial charge in [-0.2, -0.15) is 0 Å². The molecular weight excluding hydrogens is 345 g/mol. The van der Waals surface area contributed by atoms with E-state index in [1.807, 2.05) is 66.7 Å². The molecule has 0 aromatic heterocycles. The summed E-state index contributed by atoms with van der Waals surface area (Å²) >= 11 is 0. The first-order valence-electron chi connectivity index (χ1n) is 8.50. The topological polar surface area (TPSA) is 30.9 Å². The molecule has 1 aliphatic rings. The Morgan fingerprint density at radius 3 is 1.96 bits per heavy atom. The minimum atomic E-state index is -3.89. The predicted octanol–water partition coefficient (Wildman–Crippen LogP) is 5.36. The molecule has 0 saturated carbocycles. The third-order valence-electron chi connectivity index (χ3n) is 4.87. The van der Waals surface area contributed by atoms with Gasteiger partial charge in [0, 0.05) is 0 Å². The predicted molar refractivity (Wildman–Crippen MR) is 107 cm³/mol. The molecule has 1 aliphatic heterocycles. The molecule has 0 bridgehead atoms. The fourth-order valence-electron chi connectivity index (χ4n) is 3.59. The molecule has 3 aromatic rings. The summed E-state index contributed by atoms with van der Waals surface area (Å²) in [6.45, 7) is 2.08. The molecule has 134 valence electrons. The van der Waals surface area contributed by atoms with Gasteiger partial charge in [0.1, 0.15) is 0 Å². The summed E-state index contributed by atoms with van der Waals surface area (Å²) in [6.07, 6.45) is 0. The van der Waals surface area contributed by atoms with Crippen molar-refractivity contribution in [2.24, 2.45) is 0 Å². The van der Waals surface area contributed by atoms with Gasteiger partial charge in [-0.15, -0.1) is 0 Å². The quantitative estimate of drug-likeness (QED) is 0.581. The van der Waals surface area contributed by atoms with Crippen LogP contribution in [0.2, 0.25) is 0 Å². The number of para-hydroxylation sites is 3. The first-order chi connectivity index (χ1) is 12.6. The van der Waals surface area contributed by atoms with Crippen molar-refractivity contribution in [3.63, 3.8) is 0 Å². The molecule has 0 N–H and O–H groups in total. The number of hydrogen-bond acceptors (Lipinski definition) is 4. The molecular formula is C21H22NO3P. The number of anilines is 2. The van der Waals surface area contributed by atoms with Crippen LogP contribution in [0.3, 0.4) is 0 Å². The van der Waals surface area contributed by atoms with E-state index in [9.17, 15) is 0 Å². The number of benzene rings is 3. The van der Waals surface area contributed by atoms with Gasteiger partial charge in [0.05, 0.1) is 0 Å². The van der Waals surface area contributed by atoms with Gasteiger partial charge in [0.25, 0.3) is 0 Å². The Morgan fingerprint density at radius 2 is 1.31 bits per heavy atom. The van der Waals surface area contributed by atoms with Gasteiger partial charge in [-0.25, -0.2) is 0 Å². The Morgan fingerprint density at radius 1 is 0.731 bits per heavy atom. The molecule has 4 nitrogen and oxygen atoms in total. The van der Waals surface area contributed by atoms with Crippen molar-refractivity contribution in [2.45, 2.75) is 6.92 Å². The van der Waals surface area contributed by atoms with E-state index in [-0.39, 0.29) is 0 Å². The molecule has 5 heteroatoms. The zero-order valence-corrected chi connectivity index (χ0v) is 16.0. The van der Waals surface area contributed by atoms with Crippen LogP contribution >= 0.6 is 7.43 Å². The van der Waals surface area contributed by atoms with E-state index < -0.39 is 7.43 Å². The van der Waals surface area contributed by atoms with Gasteiger partial charge in [-0.3, -0.25) is 0 Å². The van der Waals surface area contributed by atoms with Gasteiger partial charge in [0.2, 0.25) is 0 Å². The summed E-state index contributed by atoms with van der Waals surface area (Å²) in [6, 6.07) is 26.1. The number of nitrogens with zero attached hydrogens (tertiary/aromatic N) is 1. The third-order valence-corrected chi connectivity index (χ3v) is 8.96. The zero-order chi connectivity index (χ0) is 18.2. The Balaban J connectivity index is 2.10. The summed E-state index contributed by atoms with van der Waals surface area (Å²) < 4.78 is 21.2. The number of hydrogen-bond donors (Lipinski definition) is 0. The van der Waals surface area contributed by atoms with Crippen LogP contribution in [-0.2, 0) is 9.05 Å². The van der Waals surface area contributed by atoms with Crippen molar-refractivity contribution in [1.82, 2.24) is 0 Å². The van der Waals surface area contributed by atoms with E-state index in [1.54, 1.807) is 14.2 Å². The fourth-order valence-corrected chi connectivity index (χ4v) is 7.36. The molecule has 1 heterocycles. The second kappa shape index (κ2) is 6.10. The maximum atomic E-state index is 6.60. The SMILES string of the molecule is COP1(OC)(c2ccccc2)Oc2ccccc2N1c1ccccc1C. The summed E-state index contributed by atoms with van der Waals surface area (Å²) in [5, 5.41) is 0.878. The van der Waals surface area contributed by atoms with Crippen LogP contribution in [0, 0.1) is 6.92 Å². The molecule has 0 fully saturated rings. The van der Waals surface area contributed by atoms with Crippen LogP contribution in [0.15, 0.2) is 78.9 Å². The Labute approximate surface area is 154 Å². The van der Waals surface area contributed by atoms with Crippen LogP contribution in [0.4, 0.5) is 11.4 Å². The Kier molecular flexibility index (Phi) is 4.00. The van der Waals surface area contributed by atoms with Crippen molar-refractivity contribution in [1.29, 1.82) is 0 Å². The second-order valence-corrected chi connectivity index (χ2v) is 9.71. The summed E-state index contributed by atoms with van der Waals surface area (Å²) in [5.74, 6) is 0.751. The molecule has 0 amide bonds. The van der Waals surface area contributed by atoms with Crippen molar-refractivity contribution in [3.05, 3.63) is 84.4 Å². The third kappa shape index (κ3) is 2.13. The van der Waals surface area contributed by atoms with E-state index in [4.69, 9.17) is 13.6 Å². The van der Waals surface area contributed by atoms with Crippen LogP contribution in [0.5, 0.6) is 5.75 Å². The fraction of sp³-hybridized carbons (Fsp3) is 0.143. The summed E-state index contributed by atoms with van der Waals surface area (Å²) in [5.41, 5.74) is 3.06. The van der Waals surface area contributed by atoms with Crippen molar-refractivity contribution in [2.75, 3.05) is 18.9 Å². The molecule has 3 aromatic carbocycles. The maximum absolute atomic E-state index is 6.60. The van der Waals surface area contributed by atoms with Crippen LogP contribution in [-0.4, -0.2) is 14.2 Å². The van der Waals surface area contributed by atoms with Gasteiger partial charge < -0.3 is 0 Å². The van der Waals surface area contributed by atoms with Gasteiger partial charge >= 0.3 is 154 Å².